The zero-order valence-corrected chi connectivity index (χ0v) is 9.57. The number of carbonyl (C=O) groups excluding carboxylic acids is 1. The predicted molar refractivity (Wildman–Crippen MR) is 59.6 cm³/mol. The predicted octanol–water partition coefficient (Wildman–Crippen LogP) is 0.622. The maximum Gasteiger partial charge on any atom is 0.251 e. The Morgan fingerprint density at radius 3 is 2.40 bits per heavy atom. The first-order valence-electron chi connectivity index (χ1n) is 4.42. The lowest BCUT2D eigenvalue weighted by Crippen LogP contribution is -2.31. The summed E-state index contributed by atoms with van der Waals surface area (Å²) < 4.78 is 0. The highest BCUT2D eigenvalue weighted by Crippen LogP contribution is 2.07. The van der Waals surface area contributed by atoms with Crippen LogP contribution in [0, 0.1) is 0 Å². The molecule has 0 unspecified atom stereocenters. The molecule has 1 aromatic carbocycles. The molecule has 0 aliphatic heterocycles. The fraction of sp³-hybridized carbons (Fsp3) is 0.300. The molecule has 0 aromatic heterocycles. The van der Waals surface area contributed by atoms with Gasteiger partial charge in [0.25, 0.3) is 5.91 Å². The van der Waals surface area contributed by atoms with Gasteiger partial charge in [-0.25, -0.2) is 0 Å². The molecule has 3 N–H and O–H groups in total. The van der Waals surface area contributed by atoms with Crippen molar-refractivity contribution in [3.8, 4) is 0 Å². The molecule has 0 aliphatic carbocycles. The van der Waals surface area contributed by atoms with Gasteiger partial charge in [-0.3, -0.25) is 4.79 Å². The van der Waals surface area contributed by atoms with Crippen molar-refractivity contribution in [2.75, 3.05) is 6.54 Å². The van der Waals surface area contributed by atoms with E-state index in [-0.39, 0.29) is 12.5 Å². The first kappa shape index (κ1) is 12.2. The van der Waals surface area contributed by atoms with Gasteiger partial charge < -0.3 is 15.5 Å². The molecule has 0 aliphatic rings. The van der Waals surface area contributed by atoms with E-state index in [1.807, 2.05) is 12.1 Å². The molecule has 1 rings (SSSR count). The first-order chi connectivity index (χ1) is 7.13. The topological polar surface area (TPSA) is 69.6 Å². The second kappa shape index (κ2) is 5.85. The molecule has 0 fully saturated rings. The van der Waals surface area contributed by atoms with Crippen LogP contribution in [0.15, 0.2) is 24.3 Å². The molecule has 0 saturated heterocycles. The quantitative estimate of drug-likeness (QED) is 0.557. The van der Waals surface area contributed by atoms with Crippen LogP contribution in [-0.4, -0.2) is 29.0 Å². The molecule has 0 bridgehead atoms. The van der Waals surface area contributed by atoms with Gasteiger partial charge in [0.2, 0.25) is 0 Å². The van der Waals surface area contributed by atoms with E-state index in [1.54, 1.807) is 12.1 Å². The van der Waals surface area contributed by atoms with E-state index in [1.165, 1.54) is 0 Å². The van der Waals surface area contributed by atoms with E-state index in [9.17, 15) is 4.79 Å². The van der Waals surface area contributed by atoms with E-state index in [4.69, 9.17) is 10.2 Å². The minimum absolute atomic E-state index is 0.168. The Bertz CT molecular complexity index is 324. The molecule has 1 aromatic rings. The second-order valence-corrected chi connectivity index (χ2v) is 3.58. The first-order valence-corrected chi connectivity index (χ1v) is 5.55. The number of aliphatic hydroxyl groups is 2. The normalized spacial score (nSPS) is 10.4. The molecule has 0 heterocycles. The van der Waals surface area contributed by atoms with E-state index in [2.05, 4.69) is 21.2 Å². The molecule has 0 spiro atoms. The Kier molecular flexibility index (Phi) is 4.74. The molecular formula is C10H12BrNO3. The van der Waals surface area contributed by atoms with Crippen LogP contribution in [0.25, 0.3) is 0 Å². The average molecular weight is 274 g/mol. The van der Waals surface area contributed by atoms with E-state index in [0.717, 1.165) is 10.9 Å². The highest BCUT2D eigenvalue weighted by Gasteiger charge is 2.06. The summed E-state index contributed by atoms with van der Waals surface area (Å²) in [6.45, 7) is -0.168. The van der Waals surface area contributed by atoms with Crippen LogP contribution in [0.3, 0.4) is 0 Å². The van der Waals surface area contributed by atoms with Crippen molar-refractivity contribution in [1.82, 2.24) is 5.32 Å². The maximum atomic E-state index is 11.4. The van der Waals surface area contributed by atoms with Gasteiger partial charge in [0.05, 0.1) is 6.54 Å². The molecule has 82 valence electrons. The number of aliphatic hydroxyl groups excluding tert-OH is 1. The van der Waals surface area contributed by atoms with Crippen LogP contribution in [0.1, 0.15) is 15.9 Å². The van der Waals surface area contributed by atoms with Gasteiger partial charge in [0.1, 0.15) is 0 Å². The molecule has 0 radical (unpaired) electrons. The fourth-order valence-electron chi connectivity index (χ4n) is 1.03. The van der Waals surface area contributed by atoms with Crippen molar-refractivity contribution in [2.45, 2.75) is 11.6 Å². The van der Waals surface area contributed by atoms with Gasteiger partial charge in [-0.2, -0.15) is 0 Å². The monoisotopic (exact) mass is 273 g/mol. The van der Waals surface area contributed by atoms with Crippen LogP contribution >= 0.6 is 15.9 Å². The number of nitrogens with one attached hydrogen (secondary N) is 1. The molecule has 0 atom stereocenters. The largest absolute Gasteiger partial charge is 0.367 e. The van der Waals surface area contributed by atoms with Gasteiger partial charge in [0.15, 0.2) is 6.29 Å². The van der Waals surface area contributed by atoms with Crippen molar-refractivity contribution in [1.29, 1.82) is 0 Å². The minimum atomic E-state index is -1.52. The fourth-order valence-corrected chi connectivity index (χ4v) is 1.41. The number of amides is 1. The Balaban J connectivity index is 2.58. The number of alkyl halides is 1. The molecule has 15 heavy (non-hydrogen) atoms. The van der Waals surface area contributed by atoms with E-state index >= 15 is 0 Å². The van der Waals surface area contributed by atoms with Gasteiger partial charge in [-0.05, 0) is 17.7 Å². The second-order valence-electron chi connectivity index (χ2n) is 3.02. The number of carbonyl (C=O) groups is 1. The Morgan fingerprint density at radius 1 is 1.33 bits per heavy atom. The summed E-state index contributed by atoms with van der Waals surface area (Å²) in [5, 5.41) is 20.3. The van der Waals surface area contributed by atoms with Crippen LogP contribution < -0.4 is 5.32 Å². The number of hydrogen-bond acceptors (Lipinski definition) is 3. The lowest BCUT2D eigenvalue weighted by Gasteiger charge is -2.06. The summed E-state index contributed by atoms with van der Waals surface area (Å²) in [5.41, 5.74) is 1.58. The average Bonchev–Trinajstić information content (AvgIpc) is 2.26. The molecule has 0 saturated carbocycles. The lowest BCUT2D eigenvalue weighted by molar-refractivity contribution is -0.0361. The van der Waals surface area contributed by atoms with Crippen molar-refractivity contribution in [2.24, 2.45) is 0 Å². The summed E-state index contributed by atoms with van der Waals surface area (Å²) in [7, 11) is 0. The van der Waals surface area contributed by atoms with Crippen LogP contribution in [-0.2, 0) is 5.33 Å². The zero-order chi connectivity index (χ0) is 11.3. The zero-order valence-electron chi connectivity index (χ0n) is 7.98. The number of benzene rings is 1. The van der Waals surface area contributed by atoms with Gasteiger partial charge in [-0.1, -0.05) is 28.1 Å². The SMILES string of the molecule is O=C(NCC(O)O)c1ccc(CBr)cc1. The summed E-state index contributed by atoms with van der Waals surface area (Å²) in [6, 6.07) is 7.05. The van der Waals surface area contributed by atoms with Crippen molar-refractivity contribution in [3.63, 3.8) is 0 Å². The Labute approximate surface area is 96.1 Å². The summed E-state index contributed by atoms with van der Waals surface area (Å²) in [6.07, 6.45) is -1.52. The van der Waals surface area contributed by atoms with Crippen LogP contribution in [0.2, 0.25) is 0 Å². The van der Waals surface area contributed by atoms with Crippen LogP contribution in [0.5, 0.6) is 0 Å². The number of halogens is 1. The van der Waals surface area contributed by atoms with E-state index < -0.39 is 6.29 Å². The third kappa shape index (κ3) is 3.99. The number of hydrogen-bond donors (Lipinski definition) is 3. The third-order valence-electron chi connectivity index (χ3n) is 1.82. The summed E-state index contributed by atoms with van der Waals surface area (Å²) in [4.78, 5) is 11.4. The summed E-state index contributed by atoms with van der Waals surface area (Å²) in [5.74, 6) is -0.316. The molecule has 5 heteroatoms. The lowest BCUT2D eigenvalue weighted by atomic mass is 10.1. The van der Waals surface area contributed by atoms with Gasteiger partial charge >= 0.3 is 0 Å². The maximum absolute atomic E-state index is 11.4. The van der Waals surface area contributed by atoms with Gasteiger partial charge in [0, 0.05) is 10.9 Å². The third-order valence-corrected chi connectivity index (χ3v) is 2.46. The summed E-state index contributed by atoms with van der Waals surface area (Å²) >= 11 is 3.30. The van der Waals surface area contributed by atoms with Crippen molar-refractivity contribution < 1.29 is 15.0 Å². The Hall–Kier alpha value is -0.910. The van der Waals surface area contributed by atoms with Crippen molar-refractivity contribution >= 4 is 21.8 Å². The smallest absolute Gasteiger partial charge is 0.251 e. The van der Waals surface area contributed by atoms with Crippen LogP contribution in [0.4, 0.5) is 0 Å². The number of rotatable bonds is 4. The highest BCUT2D eigenvalue weighted by atomic mass is 79.9. The highest BCUT2D eigenvalue weighted by molar-refractivity contribution is 9.08. The van der Waals surface area contributed by atoms with E-state index in [0.29, 0.717) is 5.56 Å². The van der Waals surface area contributed by atoms with Crippen molar-refractivity contribution in [3.05, 3.63) is 35.4 Å². The molecule has 4 nitrogen and oxygen atoms in total. The minimum Gasteiger partial charge on any atom is -0.367 e. The molecule has 1 amide bonds. The van der Waals surface area contributed by atoms with Gasteiger partial charge in [-0.15, -0.1) is 0 Å². The standard InChI is InChI=1S/C10H12BrNO3/c11-5-7-1-3-8(4-2-7)10(15)12-6-9(13)14/h1-4,9,13-14H,5-6H2,(H,12,15). The molecular weight excluding hydrogens is 262 g/mol. The Morgan fingerprint density at radius 2 is 1.93 bits per heavy atom.